The molecule has 0 aromatic heterocycles. The lowest BCUT2D eigenvalue weighted by Gasteiger charge is -2.39. The third-order valence-corrected chi connectivity index (χ3v) is 7.37. The van der Waals surface area contributed by atoms with Crippen molar-refractivity contribution in [1.29, 1.82) is 0 Å². The lowest BCUT2D eigenvalue weighted by molar-refractivity contribution is -0.129. The van der Waals surface area contributed by atoms with Gasteiger partial charge in [-0.3, -0.25) is 14.9 Å². The molecule has 0 spiro atoms. The van der Waals surface area contributed by atoms with E-state index in [9.17, 15) is 9.59 Å². The predicted molar refractivity (Wildman–Crippen MR) is 132 cm³/mol. The van der Waals surface area contributed by atoms with Crippen LogP contribution >= 0.6 is 0 Å². The highest BCUT2D eigenvalue weighted by atomic mass is 16.5. The maximum absolute atomic E-state index is 13.6. The van der Waals surface area contributed by atoms with Gasteiger partial charge in [-0.15, -0.1) is 0 Å². The molecule has 2 N–H and O–H groups in total. The van der Waals surface area contributed by atoms with Crippen LogP contribution in [0.3, 0.4) is 0 Å². The first-order valence-electron chi connectivity index (χ1n) is 12.3. The molecule has 5 heteroatoms. The van der Waals surface area contributed by atoms with E-state index < -0.39 is 11.1 Å². The van der Waals surface area contributed by atoms with Crippen molar-refractivity contribution in [2.75, 3.05) is 13.2 Å². The van der Waals surface area contributed by atoms with Gasteiger partial charge in [-0.05, 0) is 79.1 Å². The van der Waals surface area contributed by atoms with Gasteiger partial charge in [0, 0.05) is 13.2 Å². The Morgan fingerprint density at radius 1 is 0.903 bits per heavy atom. The Kier molecular flexibility index (Phi) is 12.1. The van der Waals surface area contributed by atoms with Crippen LogP contribution in [0.4, 0.5) is 0 Å². The molecule has 0 heterocycles. The van der Waals surface area contributed by atoms with Gasteiger partial charge in [-0.2, -0.15) is 0 Å². The van der Waals surface area contributed by atoms with Gasteiger partial charge in [-0.1, -0.05) is 41.0 Å². The number of ketones is 2. The second kappa shape index (κ2) is 12.5. The fraction of sp³-hybridized carbons (Fsp3) is 0.923. The van der Waals surface area contributed by atoms with Crippen LogP contribution in [0.1, 0.15) is 115 Å². The molecule has 0 saturated heterocycles. The van der Waals surface area contributed by atoms with Gasteiger partial charge < -0.3 is 10.1 Å². The molecule has 3 atom stereocenters. The van der Waals surface area contributed by atoms with Crippen LogP contribution in [-0.2, 0) is 14.3 Å². The molecular formula is C26H52N2O3. The molecule has 0 aliphatic heterocycles. The van der Waals surface area contributed by atoms with Gasteiger partial charge >= 0.3 is 0 Å². The summed E-state index contributed by atoms with van der Waals surface area (Å²) < 4.78 is 6.09. The average Bonchev–Trinajstić information content (AvgIpc) is 2.70. The topological polar surface area (TPSA) is 67.4 Å². The number of Topliss-reactive ketones (excluding diaryl/α,β-unsaturated/α-hetero) is 2. The molecule has 184 valence electrons. The normalized spacial score (nSPS) is 17.6. The zero-order chi connectivity index (χ0) is 24.5. The fourth-order valence-corrected chi connectivity index (χ4v) is 3.34. The van der Waals surface area contributed by atoms with Gasteiger partial charge in [0.05, 0.1) is 22.7 Å². The predicted octanol–water partition coefficient (Wildman–Crippen LogP) is 5.45. The minimum absolute atomic E-state index is 0.0427. The van der Waals surface area contributed by atoms with Crippen LogP contribution in [0.15, 0.2) is 0 Å². The smallest absolute Gasteiger partial charge is 0.169 e. The Morgan fingerprint density at radius 2 is 1.48 bits per heavy atom. The van der Waals surface area contributed by atoms with Crippen LogP contribution < -0.4 is 10.6 Å². The zero-order valence-electron chi connectivity index (χ0n) is 22.5. The van der Waals surface area contributed by atoms with Crippen molar-refractivity contribution in [2.45, 2.75) is 137 Å². The number of carbonyl (C=O) groups excluding carboxylic acids is 2. The summed E-state index contributed by atoms with van der Waals surface area (Å²) in [5.41, 5.74) is -1.41. The van der Waals surface area contributed by atoms with Crippen LogP contribution in [0.2, 0.25) is 0 Å². The molecule has 0 aliphatic carbocycles. The Hall–Kier alpha value is -0.780. The Labute approximate surface area is 192 Å². The fourth-order valence-electron chi connectivity index (χ4n) is 3.34. The Balaban J connectivity index is 5.32. The number of hydrogen-bond acceptors (Lipinski definition) is 5. The minimum Gasteiger partial charge on any atom is -0.376 e. The Bertz CT molecular complexity index is 573. The van der Waals surface area contributed by atoms with Gasteiger partial charge in [0.1, 0.15) is 5.78 Å². The summed E-state index contributed by atoms with van der Waals surface area (Å²) in [5, 5.41) is 6.97. The SMILES string of the molecule is CCCC(NC(C)(C)C(C)=O)C(=O)C(C)(CC)NCC(C)(CC)CCOC(C)(C)CC. The van der Waals surface area contributed by atoms with E-state index in [1.807, 2.05) is 20.8 Å². The molecule has 0 saturated carbocycles. The molecule has 5 nitrogen and oxygen atoms in total. The summed E-state index contributed by atoms with van der Waals surface area (Å²) >= 11 is 0. The number of nitrogens with one attached hydrogen (secondary N) is 2. The van der Waals surface area contributed by atoms with E-state index in [0.717, 1.165) is 45.3 Å². The highest BCUT2D eigenvalue weighted by Crippen LogP contribution is 2.28. The van der Waals surface area contributed by atoms with Crippen molar-refractivity contribution < 1.29 is 14.3 Å². The molecule has 0 amide bonds. The summed E-state index contributed by atoms with van der Waals surface area (Å²) in [7, 11) is 0. The Morgan fingerprint density at radius 3 is 1.90 bits per heavy atom. The molecule has 0 aliphatic rings. The van der Waals surface area contributed by atoms with Gasteiger partial charge in [-0.25, -0.2) is 0 Å². The van der Waals surface area contributed by atoms with Crippen molar-refractivity contribution in [2.24, 2.45) is 5.41 Å². The standard InChI is InChI=1S/C26H52N2O3/c1-12-16-21(28-24(8,9)20(5)29)22(30)26(11,15-4)27-19-25(10,14-3)17-18-31-23(6,7)13-2/h21,27-28H,12-19H2,1-11H3. The highest BCUT2D eigenvalue weighted by molar-refractivity contribution is 5.94. The third-order valence-electron chi connectivity index (χ3n) is 7.37. The van der Waals surface area contributed by atoms with E-state index in [4.69, 9.17) is 4.74 Å². The molecule has 31 heavy (non-hydrogen) atoms. The molecule has 3 unspecified atom stereocenters. The van der Waals surface area contributed by atoms with Crippen LogP contribution in [0, 0.1) is 5.41 Å². The minimum atomic E-state index is -0.717. The second-order valence-corrected chi connectivity index (χ2v) is 10.9. The first-order valence-corrected chi connectivity index (χ1v) is 12.3. The van der Waals surface area contributed by atoms with Crippen LogP contribution in [-0.4, -0.2) is 47.4 Å². The maximum atomic E-state index is 13.6. The van der Waals surface area contributed by atoms with Crippen molar-refractivity contribution in [3.05, 3.63) is 0 Å². The van der Waals surface area contributed by atoms with E-state index in [0.29, 0.717) is 6.42 Å². The second-order valence-electron chi connectivity index (χ2n) is 10.9. The van der Waals surface area contributed by atoms with E-state index in [1.54, 1.807) is 6.92 Å². The van der Waals surface area contributed by atoms with Crippen LogP contribution in [0.5, 0.6) is 0 Å². The molecule has 0 radical (unpaired) electrons. The number of hydrogen-bond donors (Lipinski definition) is 2. The number of carbonyl (C=O) groups is 2. The summed E-state index contributed by atoms with van der Waals surface area (Å²) in [5.74, 6) is 0.189. The molecule has 0 aromatic carbocycles. The summed E-state index contributed by atoms with van der Waals surface area (Å²) in [6, 6.07) is -0.345. The van der Waals surface area contributed by atoms with Gasteiger partial charge in [0.25, 0.3) is 0 Å². The quantitative estimate of drug-likeness (QED) is 0.315. The number of rotatable bonds is 17. The third kappa shape index (κ3) is 9.71. The first-order chi connectivity index (χ1) is 14.1. The molecule has 0 rings (SSSR count). The average molecular weight is 441 g/mol. The van der Waals surface area contributed by atoms with Crippen molar-refractivity contribution in [1.82, 2.24) is 10.6 Å². The zero-order valence-corrected chi connectivity index (χ0v) is 22.5. The van der Waals surface area contributed by atoms with E-state index >= 15 is 0 Å². The van der Waals surface area contributed by atoms with Crippen LogP contribution in [0.25, 0.3) is 0 Å². The summed E-state index contributed by atoms with van der Waals surface area (Å²) in [6.45, 7) is 23.8. The van der Waals surface area contributed by atoms with Crippen molar-refractivity contribution >= 4 is 11.6 Å². The molecule has 0 bridgehead atoms. The van der Waals surface area contributed by atoms with E-state index in [-0.39, 0.29) is 28.6 Å². The van der Waals surface area contributed by atoms with Crippen molar-refractivity contribution in [3.63, 3.8) is 0 Å². The lowest BCUT2D eigenvalue weighted by atomic mass is 9.80. The highest BCUT2D eigenvalue weighted by Gasteiger charge is 2.40. The maximum Gasteiger partial charge on any atom is 0.169 e. The van der Waals surface area contributed by atoms with Crippen molar-refractivity contribution in [3.8, 4) is 0 Å². The summed E-state index contributed by atoms with van der Waals surface area (Å²) in [4.78, 5) is 25.6. The van der Waals surface area contributed by atoms with Gasteiger partial charge in [0.15, 0.2) is 5.78 Å². The molecule has 0 aromatic rings. The number of ether oxygens (including phenoxy) is 1. The monoisotopic (exact) mass is 440 g/mol. The first kappa shape index (κ1) is 30.2. The molecule has 0 fully saturated rings. The van der Waals surface area contributed by atoms with E-state index in [1.165, 1.54) is 0 Å². The summed E-state index contributed by atoms with van der Waals surface area (Å²) in [6.07, 6.45) is 5.25. The largest absolute Gasteiger partial charge is 0.376 e. The van der Waals surface area contributed by atoms with E-state index in [2.05, 4.69) is 59.1 Å². The molecular weight excluding hydrogens is 388 g/mol. The lowest BCUT2D eigenvalue weighted by Crippen LogP contribution is -2.62. The van der Waals surface area contributed by atoms with Gasteiger partial charge in [0.2, 0.25) is 0 Å².